The van der Waals surface area contributed by atoms with Gasteiger partial charge in [0.05, 0.1) is 44.0 Å². The fourth-order valence-corrected chi connectivity index (χ4v) is 6.12. The summed E-state index contributed by atoms with van der Waals surface area (Å²) in [5, 5.41) is 0. The van der Waals surface area contributed by atoms with Gasteiger partial charge in [-0.3, -0.25) is 4.98 Å². The molecule has 0 aliphatic carbocycles. The lowest BCUT2D eigenvalue weighted by molar-refractivity contribution is 0.0730. The van der Waals surface area contributed by atoms with Crippen LogP contribution in [0, 0.1) is 0 Å². The SMILES string of the molecule is Nc1ncc(-c2nc(N3CCOCC3)nc3c2CCN3c2cncc(S(=O)(=O)N3CCOCC3)c2)cn1. The van der Waals surface area contributed by atoms with E-state index in [2.05, 4.69) is 19.9 Å². The van der Waals surface area contributed by atoms with Crippen molar-refractivity contribution in [3.8, 4) is 11.3 Å². The van der Waals surface area contributed by atoms with Gasteiger partial charge in [0.1, 0.15) is 10.7 Å². The normalized spacial score (nSPS) is 18.7. The van der Waals surface area contributed by atoms with Gasteiger partial charge < -0.3 is 25.0 Å². The molecule has 0 atom stereocenters. The summed E-state index contributed by atoms with van der Waals surface area (Å²) >= 11 is 0. The Bertz CT molecular complexity index is 1390. The first-order chi connectivity index (χ1) is 18.0. The van der Waals surface area contributed by atoms with Crippen molar-refractivity contribution >= 4 is 33.4 Å². The van der Waals surface area contributed by atoms with Crippen molar-refractivity contribution in [2.75, 3.05) is 74.7 Å². The second-order valence-corrected chi connectivity index (χ2v) is 10.8. The van der Waals surface area contributed by atoms with Crippen molar-refractivity contribution in [2.24, 2.45) is 0 Å². The van der Waals surface area contributed by atoms with Crippen LogP contribution in [0.25, 0.3) is 11.3 Å². The van der Waals surface area contributed by atoms with Crippen LogP contribution >= 0.6 is 0 Å². The molecule has 13 nitrogen and oxygen atoms in total. The fourth-order valence-electron chi connectivity index (χ4n) is 4.73. The van der Waals surface area contributed by atoms with Crippen molar-refractivity contribution in [2.45, 2.75) is 11.3 Å². The van der Waals surface area contributed by atoms with E-state index in [4.69, 9.17) is 25.2 Å². The number of morpholine rings is 2. The van der Waals surface area contributed by atoms with Crippen molar-refractivity contribution < 1.29 is 17.9 Å². The highest BCUT2D eigenvalue weighted by atomic mass is 32.2. The van der Waals surface area contributed by atoms with E-state index >= 15 is 0 Å². The molecule has 3 aliphatic rings. The van der Waals surface area contributed by atoms with Gasteiger partial charge in [0, 0.05) is 62.4 Å². The molecule has 0 radical (unpaired) electrons. The van der Waals surface area contributed by atoms with Gasteiger partial charge in [-0.1, -0.05) is 0 Å². The number of nitrogens with zero attached hydrogens (tertiary/aromatic N) is 8. The summed E-state index contributed by atoms with van der Waals surface area (Å²) in [4.78, 5) is 26.6. The summed E-state index contributed by atoms with van der Waals surface area (Å²) in [5.74, 6) is 1.48. The molecule has 0 aromatic carbocycles. The molecule has 6 rings (SSSR count). The second-order valence-electron chi connectivity index (χ2n) is 8.90. The predicted octanol–water partition coefficient (Wildman–Crippen LogP) is 0.463. The fraction of sp³-hybridized carbons (Fsp3) is 0.435. The molecule has 2 fully saturated rings. The van der Waals surface area contributed by atoms with Crippen molar-refractivity contribution in [3.05, 3.63) is 36.4 Å². The first kappa shape index (κ1) is 23.9. The van der Waals surface area contributed by atoms with Gasteiger partial charge in [-0.25, -0.2) is 23.4 Å². The quantitative estimate of drug-likeness (QED) is 0.492. The largest absolute Gasteiger partial charge is 0.379 e. The van der Waals surface area contributed by atoms with Crippen LogP contribution in [0.1, 0.15) is 5.56 Å². The third kappa shape index (κ3) is 4.56. The number of nitrogen functional groups attached to an aromatic ring is 1. The second kappa shape index (κ2) is 9.78. The molecule has 0 amide bonds. The highest BCUT2D eigenvalue weighted by Crippen LogP contribution is 2.39. The summed E-state index contributed by atoms with van der Waals surface area (Å²) in [6.07, 6.45) is 7.04. The van der Waals surface area contributed by atoms with Gasteiger partial charge in [-0.05, 0) is 12.5 Å². The van der Waals surface area contributed by atoms with Crippen LogP contribution < -0.4 is 15.5 Å². The zero-order chi connectivity index (χ0) is 25.4. The minimum atomic E-state index is -3.69. The Morgan fingerprint density at radius 3 is 2.30 bits per heavy atom. The molecule has 2 saturated heterocycles. The maximum atomic E-state index is 13.3. The molecule has 3 aromatic rings. The van der Waals surface area contributed by atoms with Crippen LogP contribution in [0.2, 0.25) is 0 Å². The van der Waals surface area contributed by atoms with E-state index in [0.717, 1.165) is 16.8 Å². The average molecular weight is 526 g/mol. The third-order valence-corrected chi connectivity index (χ3v) is 8.54. The van der Waals surface area contributed by atoms with Crippen LogP contribution in [0.5, 0.6) is 0 Å². The molecule has 2 N–H and O–H groups in total. The van der Waals surface area contributed by atoms with Crippen LogP contribution in [0.4, 0.5) is 23.4 Å². The summed E-state index contributed by atoms with van der Waals surface area (Å²) in [7, 11) is -3.69. The van der Waals surface area contributed by atoms with Gasteiger partial charge in [0.25, 0.3) is 0 Å². The molecule has 0 unspecified atom stereocenters. The smallest absolute Gasteiger partial charge is 0.244 e. The van der Waals surface area contributed by atoms with E-state index in [-0.39, 0.29) is 10.8 Å². The zero-order valence-corrected chi connectivity index (χ0v) is 21.0. The lowest BCUT2D eigenvalue weighted by atomic mass is 10.1. The number of ether oxygens (including phenoxy) is 2. The standard InChI is InChI=1S/C23H27N9O4S/c24-22-26-12-16(13-27-22)20-19-1-2-32(21(19)29-23(28-20)30-3-7-35-8-4-30)17-11-18(15-25-14-17)37(33,34)31-5-9-36-10-6-31/h11-15H,1-10H2,(H2,24,26,27). The molecule has 0 saturated carbocycles. The van der Waals surface area contributed by atoms with Gasteiger partial charge in [0.2, 0.25) is 21.9 Å². The average Bonchev–Trinajstić information content (AvgIpc) is 3.38. The topological polar surface area (TPSA) is 153 Å². The van der Waals surface area contributed by atoms with Gasteiger partial charge in [0.15, 0.2) is 0 Å². The molecule has 3 aromatic heterocycles. The number of anilines is 4. The molecule has 14 heteroatoms. The monoisotopic (exact) mass is 525 g/mol. The van der Waals surface area contributed by atoms with E-state index in [9.17, 15) is 8.42 Å². The lowest BCUT2D eigenvalue weighted by Crippen LogP contribution is -2.40. The van der Waals surface area contributed by atoms with E-state index in [1.807, 2.05) is 4.90 Å². The number of fused-ring (bicyclic) bond motifs is 1. The molecular formula is C23H27N9O4S. The van der Waals surface area contributed by atoms with Gasteiger partial charge >= 0.3 is 0 Å². The lowest BCUT2D eigenvalue weighted by Gasteiger charge is -2.28. The Kier molecular flexibility index (Phi) is 6.32. The molecule has 6 heterocycles. The van der Waals surface area contributed by atoms with Gasteiger partial charge in [-0.2, -0.15) is 9.29 Å². The van der Waals surface area contributed by atoms with Crippen LogP contribution in [0.15, 0.2) is 35.7 Å². The predicted molar refractivity (Wildman–Crippen MR) is 135 cm³/mol. The molecule has 37 heavy (non-hydrogen) atoms. The first-order valence-corrected chi connectivity index (χ1v) is 13.6. The Balaban J connectivity index is 1.41. The summed E-state index contributed by atoms with van der Waals surface area (Å²) in [6, 6.07) is 1.66. The van der Waals surface area contributed by atoms with Crippen LogP contribution in [-0.4, -0.2) is 96.8 Å². The number of hydrogen-bond acceptors (Lipinski definition) is 12. The Hall–Kier alpha value is -3.46. The van der Waals surface area contributed by atoms with Crippen LogP contribution in [0.3, 0.4) is 0 Å². The number of aromatic nitrogens is 5. The minimum Gasteiger partial charge on any atom is -0.379 e. The first-order valence-electron chi connectivity index (χ1n) is 12.1. The van der Waals surface area contributed by atoms with E-state index < -0.39 is 10.0 Å². The molecule has 0 bridgehead atoms. The summed E-state index contributed by atoms with van der Waals surface area (Å²) in [5.41, 5.74) is 8.78. The van der Waals surface area contributed by atoms with E-state index in [0.29, 0.717) is 83.0 Å². The maximum Gasteiger partial charge on any atom is 0.244 e. The number of nitrogens with two attached hydrogens (primary N) is 1. The molecular weight excluding hydrogens is 498 g/mol. The highest BCUT2D eigenvalue weighted by molar-refractivity contribution is 7.89. The zero-order valence-electron chi connectivity index (χ0n) is 20.2. The van der Waals surface area contributed by atoms with Crippen molar-refractivity contribution in [3.63, 3.8) is 0 Å². The van der Waals surface area contributed by atoms with Crippen molar-refractivity contribution in [1.29, 1.82) is 0 Å². The number of sulfonamides is 1. The minimum absolute atomic E-state index is 0.148. The van der Waals surface area contributed by atoms with E-state index in [1.165, 1.54) is 10.5 Å². The maximum absolute atomic E-state index is 13.3. The Labute approximate surface area is 214 Å². The highest BCUT2D eigenvalue weighted by Gasteiger charge is 2.31. The number of rotatable bonds is 5. The van der Waals surface area contributed by atoms with Gasteiger partial charge in [-0.15, -0.1) is 0 Å². The summed E-state index contributed by atoms with van der Waals surface area (Å²) < 4.78 is 38.8. The number of hydrogen-bond donors (Lipinski definition) is 1. The molecule has 194 valence electrons. The number of pyridine rings is 1. The van der Waals surface area contributed by atoms with E-state index in [1.54, 1.807) is 24.7 Å². The van der Waals surface area contributed by atoms with Crippen LogP contribution in [-0.2, 0) is 25.9 Å². The Morgan fingerprint density at radius 2 is 1.57 bits per heavy atom. The molecule has 0 spiro atoms. The third-order valence-electron chi connectivity index (χ3n) is 6.67. The Morgan fingerprint density at radius 1 is 0.865 bits per heavy atom. The molecule has 3 aliphatic heterocycles. The summed E-state index contributed by atoms with van der Waals surface area (Å²) in [6.45, 7) is 4.53. The van der Waals surface area contributed by atoms with Crippen molar-refractivity contribution in [1.82, 2.24) is 29.2 Å².